The lowest BCUT2D eigenvalue weighted by atomic mass is 10.3. The van der Waals surface area contributed by atoms with E-state index >= 15 is 0 Å². The Bertz CT molecular complexity index is 306. The number of rotatable bonds is 4. The third-order valence-corrected chi connectivity index (χ3v) is 1.97. The summed E-state index contributed by atoms with van der Waals surface area (Å²) in [4.78, 5) is 11.4. The number of aromatic nitrogens is 1. The highest BCUT2D eigenvalue weighted by Gasteiger charge is 2.07. The van der Waals surface area contributed by atoms with Crippen molar-refractivity contribution in [1.82, 2.24) is 4.57 Å². The highest BCUT2D eigenvalue weighted by Crippen LogP contribution is 2.10. The zero-order valence-electron chi connectivity index (χ0n) is 8.06. The quantitative estimate of drug-likeness (QED) is 0.709. The predicted molar refractivity (Wildman–Crippen MR) is 51.7 cm³/mol. The van der Waals surface area contributed by atoms with Crippen molar-refractivity contribution in [1.29, 1.82) is 0 Å². The van der Waals surface area contributed by atoms with Crippen LogP contribution in [0.4, 0.5) is 0 Å². The van der Waals surface area contributed by atoms with Crippen molar-refractivity contribution in [3.05, 3.63) is 34.7 Å². The summed E-state index contributed by atoms with van der Waals surface area (Å²) < 4.78 is 6.84. The van der Waals surface area contributed by atoms with E-state index < -0.39 is 0 Å². The van der Waals surface area contributed by atoms with E-state index in [1.165, 1.54) is 0 Å². The second kappa shape index (κ2) is 4.82. The lowest BCUT2D eigenvalue weighted by Gasteiger charge is -2.16. The molecule has 1 atom stereocenters. The smallest absolute Gasteiger partial charge is 0.252 e. The van der Waals surface area contributed by atoms with E-state index in [9.17, 15) is 4.79 Å². The molecule has 0 radical (unpaired) electrons. The van der Waals surface area contributed by atoms with E-state index in [-0.39, 0.29) is 11.8 Å². The molecule has 3 nitrogen and oxygen atoms in total. The van der Waals surface area contributed by atoms with Gasteiger partial charge in [-0.15, -0.1) is 0 Å². The van der Waals surface area contributed by atoms with Crippen LogP contribution in [0, 0.1) is 0 Å². The van der Waals surface area contributed by atoms with Gasteiger partial charge in [0.25, 0.3) is 5.56 Å². The van der Waals surface area contributed by atoms with Gasteiger partial charge in [-0.2, -0.15) is 0 Å². The molecule has 0 N–H and O–H groups in total. The lowest BCUT2D eigenvalue weighted by Crippen LogP contribution is -2.24. The molecule has 0 aliphatic rings. The van der Waals surface area contributed by atoms with Gasteiger partial charge in [0.15, 0.2) is 0 Å². The van der Waals surface area contributed by atoms with Crippen LogP contribution in [0.25, 0.3) is 0 Å². The van der Waals surface area contributed by atoms with Gasteiger partial charge in [0, 0.05) is 19.4 Å². The van der Waals surface area contributed by atoms with E-state index in [0.29, 0.717) is 0 Å². The van der Waals surface area contributed by atoms with E-state index in [0.717, 1.165) is 12.8 Å². The highest BCUT2D eigenvalue weighted by atomic mass is 16.5. The third kappa shape index (κ3) is 2.42. The number of hydrogen-bond donors (Lipinski definition) is 0. The zero-order valence-corrected chi connectivity index (χ0v) is 8.06. The Morgan fingerprint density at radius 3 is 2.85 bits per heavy atom. The third-order valence-electron chi connectivity index (χ3n) is 1.97. The highest BCUT2D eigenvalue weighted by molar-refractivity contribution is 4.94. The van der Waals surface area contributed by atoms with Crippen molar-refractivity contribution in [2.24, 2.45) is 0 Å². The molecule has 0 fully saturated rings. The van der Waals surface area contributed by atoms with Crippen molar-refractivity contribution in [3.8, 4) is 0 Å². The average molecular weight is 181 g/mol. The summed E-state index contributed by atoms with van der Waals surface area (Å²) in [6.45, 7) is 2.07. The van der Waals surface area contributed by atoms with Gasteiger partial charge in [-0.05, 0) is 12.5 Å². The van der Waals surface area contributed by atoms with E-state index in [1.54, 1.807) is 30.0 Å². The molecule has 0 aromatic carbocycles. The van der Waals surface area contributed by atoms with Gasteiger partial charge >= 0.3 is 0 Å². The maximum Gasteiger partial charge on any atom is 0.252 e. The Morgan fingerprint density at radius 1 is 1.54 bits per heavy atom. The Labute approximate surface area is 78.0 Å². The molecule has 0 spiro atoms. The first-order valence-electron chi connectivity index (χ1n) is 4.49. The van der Waals surface area contributed by atoms with Gasteiger partial charge in [-0.25, -0.2) is 0 Å². The standard InChI is InChI=1S/C10H15NO2/c1-3-6-10(13-2)11-8-5-4-7-9(11)12/h4-5,7-8,10H,3,6H2,1-2H3. The summed E-state index contributed by atoms with van der Waals surface area (Å²) in [7, 11) is 1.62. The maximum absolute atomic E-state index is 11.4. The number of hydrogen-bond acceptors (Lipinski definition) is 2. The number of pyridine rings is 1. The fourth-order valence-corrected chi connectivity index (χ4v) is 1.30. The van der Waals surface area contributed by atoms with Gasteiger partial charge in [-0.1, -0.05) is 19.4 Å². The summed E-state index contributed by atoms with van der Waals surface area (Å²) in [5, 5.41) is 0. The molecule has 72 valence electrons. The minimum atomic E-state index is -0.126. The van der Waals surface area contributed by atoms with Gasteiger partial charge in [-0.3, -0.25) is 9.36 Å². The van der Waals surface area contributed by atoms with Crippen LogP contribution in [0.1, 0.15) is 26.0 Å². The van der Waals surface area contributed by atoms with Crippen LogP contribution in [0.15, 0.2) is 29.2 Å². The Morgan fingerprint density at radius 2 is 2.31 bits per heavy atom. The van der Waals surface area contributed by atoms with Gasteiger partial charge in [0.1, 0.15) is 6.23 Å². The lowest BCUT2D eigenvalue weighted by molar-refractivity contribution is 0.0335. The molecule has 0 aliphatic carbocycles. The molecule has 0 saturated carbocycles. The van der Waals surface area contributed by atoms with E-state index in [2.05, 4.69) is 6.92 Å². The average Bonchev–Trinajstić information content (AvgIpc) is 2.16. The Hall–Kier alpha value is -1.09. The van der Waals surface area contributed by atoms with Crippen molar-refractivity contribution < 1.29 is 4.74 Å². The number of nitrogens with zero attached hydrogens (tertiary/aromatic N) is 1. The second-order valence-corrected chi connectivity index (χ2v) is 2.93. The first kappa shape index (κ1) is 9.99. The Balaban J connectivity index is 2.91. The second-order valence-electron chi connectivity index (χ2n) is 2.93. The van der Waals surface area contributed by atoms with Crippen molar-refractivity contribution in [2.45, 2.75) is 26.0 Å². The van der Waals surface area contributed by atoms with Crippen LogP contribution in [0.5, 0.6) is 0 Å². The van der Waals surface area contributed by atoms with Crippen LogP contribution in [0.3, 0.4) is 0 Å². The predicted octanol–water partition coefficient (Wildman–Crippen LogP) is 1.79. The summed E-state index contributed by atoms with van der Waals surface area (Å²) in [6, 6.07) is 5.11. The largest absolute Gasteiger partial charge is 0.361 e. The summed E-state index contributed by atoms with van der Waals surface area (Å²) in [5.41, 5.74) is -0.0113. The number of ether oxygens (including phenoxy) is 1. The van der Waals surface area contributed by atoms with Crippen LogP contribution in [-0.2, 0) is 4.74 Å². The van der Waals surface area contributed by atoms with Crippen molar-refractivity contribution in [2.75, 3.05) is 7.11 Å². The van der Waals surface area contributed by atoms with Crippen LogP contribution in [-0.4, -0.2) is 11.7 Å². The molecular weight excluding hydrogens is 166 g/mol. The first-order valence-corrected chi connectivity index (χ1v) is 4.49. The molecule has 1 unspecified atom stereocenters. The summed E-state index contributed by atoms with van der Waals surface area (Å²) >= 11 is 0. The van der Waals surface area contributed by atoms with Gasteiger partial charge in [0.05, 0.1) is 0 Å². The fourth-order valence-electron chi connectivity index (χ4n) is 1.30. The van der Waals surface area contributed by atoms with Gasteiger partial charge in [0.2, 0.25) is 0 Å². The molecule has 0 aliphatic heterocycles. The topological polar surface area (TPSA) is 31.2 Å². The summed E-state index contributed by atoms with van der Waals surface area (Å²) in [5.74, 6) is 0. The molecule has 1 rings (SSSR count). The molecule has 0 amide bonds. The van der Waals surface area contributed by atoms with E-state index in [4.69, 9.17) is 4.74 Å². The molecule has 0 bridgehead atoms. The molecule has 1 heterocycles. The minimum Gasteiger partial charge on any atom is -0.361 e. The number of methoxy groups -OCH3 is 1. The molecule has 0 saturated heterocycles. The van der Waals surface area contributed by atoms with E-state index in [1.807, 2.05) is 6.07 Å². The van der Waals surface area contributed by atoms with Crippen LogP contribution >= 0.6 is 0 Å². The molecular formula is C10H15NO2. The molecule has 1 aromatic heterocycles. The Kier molecular flexibility index (Phi) is 3.71. The minimum absolute atomic E-state index is 0.0113. The van der Waals surface area contributed by atoms with Crippen molar-refractivity contribution in [3.63, 3.8) is 0 Å². The molecule has 13 heavy (non-hydrogen) atoms. The maximum atomic E-state index is 11.4. The van der Waals surface area contributed by atoms with Crippen LogP contribution in [0.2, 0.25) is 0 Å². The van der Waals surface area contributed by atoms with Crippen molar-refractivity contribution >= 4 is 0 Å². The fraction of sp³-hybridized carbons (Fsp3) is 0.500. The molecule has 1 aromatic rings. The first-order chi connectivity index (χ1) is 6.29. The monoisotopic (exact) mass is 181 g/mol. The van der Waals surface area contributed by atoms with Crippen LogP contribution < -0.4 is 5.56 Å². The normalized spacial score (nSPS) is 12.8. The van der Waals surface area contributed by atoms with Gasteiger partial charge < -0.3 is 4.74 Å². The molecule has 3 heteroatoms. The SMILES string of the molecule is CCCC(OC)n1ccccc1=O. The summed E-state index contributed by atoms with van der Waals surface area (Å²) in [6.07, 6.45) is 3.49. The zero-order chi connectivity index (χ0) is 9.68.